The van der Waals surface area contributed by atoms with Gasteiger partial charge in [-0.05, 0) is 41.0 Å². The van der Waals surface area contributed by atoms with Crippen molar-refractivity contribution in [2.24, 2.45) is 0 Å². The van der Waals surface area contributed by atoms with Gasteiger partial charge in [-0.3, -0.25) is 4.79 Å². The quantitative estimate of drug-likeness (QED) is 0.874. The number of rotatable bonds is 3. The average molecular weight is 288 g/mol. The van der Waals surface area contributed by atoms with Crippen molar-refractivity contribution >= 4 is 23.2 Å². The number of hydrogen-bond donors (Lipinski definition) is 1. The smallest absolute Gasteiger partial charge is 0.255 e. The maximum Gasteiger partial charge on any atom is 0.255 e. The number of halogens is 1. The Morgan fingerprint density at radius 2 is 1.85 bits per heavy atom. The van der Waals surface area contributed by atoms with E-state index in [1.165, 1.54) is 0 Å². The van der Waals surface area contributed by atoms with Crippen LogP contribution in [0.4, 0.5) is 5.69 Å². The summed E-state index contributed by atoms with van der Waals surface area (Å²) >= 11 is 5.74. The van der Waals surface area contributed by atoms with E-state index in [2.05, 4.69) is 5.32 Å². The van der Waals surface area contributed by atoms with Crippen molar-refractivity contribution in [3.8, 4) is 0 Å². The Morgan fingerprint density at radius 1 is 1.10 bits per heavy atom. The minimum absolute atomic E-state index is 0.113. The summed E-state index contributed by atoms with van der Waals surface area (Å²) in [4.78, 5) is 12.2. The number of nitrogens with one attached hydrogen (secondary N) is 1. The standard InChI is InChI=1S/C16H14ClNO2/c17-8-11-1-5-15(6-2-11)18-16(19)12-3-4-13-9-20-10-14(13)7-12/h1-7H,8-10H2,(H,18,19). The molecular weight excluding hydrogens is 274 g/mol. The summed E-state index contributed by atoms with van der Waals surface area (Å²) < 4.78 is 5.35. The lowest BCUT2D eigenvalue weighted by molar-refractivity contribution is 0.102. The van der Waals surface area contributed by atoms with E-state index < -0.39 is 0 Å². The van der Waals surface area contributed by atoms with Crippen LogP contribution in [0.2, 0.25) is 0 Å². The van der Waals surface area contributed by atoms with Gasteiger partial charge in [0.15, 0.2) is 0 Å². The number of carbonyl (C=O) groups excluding carboxylic acids is 1. The highest BCUT2D eigenvalue weighted by molar-refractivity contribution is 6.17. The number of fused-ring (bicyclic) bond motifs is 1. The summed E-state index contributed by atoms with van der Waals surface area (Å²) in [5, 5.41) is 2.88. The number of carbonyl (C=O) groups is 1. The molecule has 0 saturated carbocycles. The minimum Gasteiger partial charge on any atom is -0.372 e. The molecule has 1 aliphatic rings. The molecule has 0 aliphatic carbocycles. The van der Waals surface area contributed by atoms with Crippen molar-refractivity contribution < 1.29 is 9.53 Å². The molecule has 3 rings (SSSR count). The molecule has 3 nitrogen and oxygen atoms in total. The Morgan fingerprint density at radius 3 is 2.60 bits per heavy atom. The first kappa shape index (κ1) is 13.2. The predicted molar refractivity (Wildman–Crippen MR) is 78.9 cm³/mol. The van der Waals surface area contributed by atoms with Crippen LogP contribution in [-0.2, 0) is 23.8 Å². The van der Waals surface area contributed by atoms with Crippen molar-refractivity contribution in [3.63, 3.8) is 0 Å². The summed E-state index contributed by atoms with van der Waals surface area (Å²) in [5.41, 5.74) is 4.69. The summed E-state index contributed by atoms with van der Waals surface area (Å²) in [6.07, 6.45) is 0. The van der Waals surface area contributed by atoms with Crippen LogP contribution in [0.15, 0.2) is 42.5 Å². The van der Waals surface area contributed by atoms with Crippen LogP contribution in [0.5, 0.6) is 0 Å². The van der Waals surface area contributed by atoms with E-state index in [-0.39, 0.29) is 5.91 Å². The zero-order chi connectivity index (χ0) is 13.9. The van der Waals surface area contributed by atoms with Crippen LogP contribution in [0.3, 0.4) is 0 Å². The monoisotopic (exact) mass is 287 g/mol. The Balaban J connectivity index is 1.75. The van der Waals surface area contributed by atoms with Crippen molar-refractivity contribution in [1.29, 1.82) is 0 Å². The summed E-state index contributed by atoms with van der Waals surface area (Å²) in [6.45, 7) is 1.22. The molecule has 1 aliphatic heterocycles. The lowest BCUT2D eigenvalue weighted by Crippen LogP contribution is -2.12. The summed E-state index contributed by atoms with van der Waals surface area (Å²) in [6, 6.07) is 13.2. The minimum atomic E-state index is -0.113. The maximum absolute atomic E-state index is 12.2. The van der Waals surface area contributed by atoms with Crippen molar-refractivity contribution in [3.05, 3.63) is 64.7 Å². The molecule has 102 valence electrons. The Hall–Kier alpha value is -1.84. The molecule has 1 amide bonds. The molecule has 2 aromatic carbocycles. The fourth-order valence-electron chi connectivity index (χ4n) is 2.19. The normalized spacial score (nSPS) is 13.1. The molecule has 1 N–H and O–H groups in total. The average Bonchev–Trinajstić information content (AvgIpc) is 2.95. The van der Waals surface area contributed by atoms with Gasteiger partial charge in [0.1, 0.15) is 0 Å². The van der Waals surface area contributed by atoms with Gasteiger partial charge in [-0.25, -0.2) is 0 Å². The van der Waals surface area contributed by atoms with Crippen molar-refractivity contribution in [2.45, 2.75) is 19.1 Å². The van der Waals surface area contributed by atoms with Crippen molar-refractivity contribution in [1.82, 2.24) is 0 Å². The number of alkyl halides is 1. The second-order valence-corrected chi connectivity index (χ2v) is 5.03. The zero-order valence-corrected chi connectivity index (χ0v) is 11.6. The molecule has 0 bridgehead atoms. The fraction of sp³-hybridized carbons (Fsp3) is 0.188. The Labute approximate surface area is 122 Å². The highest BCUT2D eigenvalue weighted by atomic mass is 35.5. The topological polar surface area (TPSA) is 38.3 Å². The maximum atomic E-state index is 12.2. The molecule has 20 heavy (non-hydrogen) atoms. The third kappa shape index (κ3) is 2.69. The number of hydrogen-bond acceptors (Lipinski definition) is 2. The van der Waals surface area contributed by atoms with E-state index in [1.54, 1.807) is 0 Å². The number of benzene rings is 2. The van der Waals surface area contributed by atoms with E-state index in [9.17, 15) is 4.79 Å². The molecule has 0 unspecified atom stereocenters. The third-order valence-corrected chi connectivity index (χ3v) is 3.66. The Bertz CT molecular complexity index is 637. The molecule has 0 radical (unpaired) electrons. The summed E-state index contributed by atoms with van der Waals surface area (Å²) in [5.74, 6) is 0.359. The second-order valence-electron chi connectivity index (χ2n) is 4.76. The van der Waals surface area contributed by atoms with Crippen LogP contribution in [0.1, 0.15) is 27.0 Å². The van der Waals surface area contributed by atoms with Crippen LogP contribution < -0.4 is 5.32 Å². The lowest BCUT2D eigenvalue weighted by atomic mass is 10.1. The highest BCUT2D eigenvalue weighted by Gasteiger charge is 2.14. The van der Waals surface area contributed by atoms with E-state index in [4.69, 9.17) is 16.3 Å². The van der Waals surface area contributed by atoms with Gasteiger partial charge in [0.2, 0.25) is 0 Å². The second kappa shape index (κ2) is 5.65. The number of anilines is 1. The lowest BCUT2D eigenvalue weighted by Gasteiger charge is -2.07. The van der Waals surface area contributed by atoms with E-state index in [0.717, 1.165) is 22.4 Å². The van der Waals surface area contributed by atoms with Crippen LogP contribution in [0.25, 0.3) is 0 Å². The van der Waals surface area contributed by atoms with E-state index >= 15 is 0 Å². The molecular formula is C16H14ClNO2. The number of amides is 1. The molecule has 0 saturated heterocycles. The van der Waals surface area contributed by atoms with Crippen LogP contribution in [0, 0.1) is 0 Å². The van der Waals surface area contributed by atoms with Gasteiger partial charge in [0.25, 0.3) is 5.91 Å². The van der Waals surface area contributed by atoms with Gasteiger partial charge in [0, 0.05) is 17.1 Å². The van der Waals surface area contributed by atoms with E-state index in [0.29, 0.717) is 24.7 Å². The summed E-state index contributed by atoms with van der Waals surface area (Å²) in [7, 11) is 0. The molecule has 0 spiro atoms. The van der Waals surface area contributed by atoms with Gasteiger partial charge >= 0.3 is 0 Å². The molecule has 2 aromatic rings. The van der Waals surface area contributed by atoms with Gasteiger partial charge in [0.05, 0.1) is 13.2 Å². The molecule has 4 heteroatoms. The van der Waals surface area contributed by atoms with E-state index in [1.807, 2.05) is 42.5 Å². The fourth-order valence-corrected chi connectivity index (χ4v) is 2.37. The number of ether oxygens (including phenoxy) is 1. The molecule has 0 aromatic heterocycles. The first-order valence-electron chi connectivity index (χ1n) is 6.42. The van der Waals surface area contributed by atoms with Crippen LogP contribution >= 0.6 is 11.6 Å². The van der Waals surface area contributed by atoms with Crippen molar-refractivity contribution in [2.75, 3.05) is 5.32 Å². The third-order valence-electron chi connectivity index (χ3n) is 3.35. The van der Waals surface area contributed by atoms with Crippen LogP contribution in [-0.4, -0.2) is 5.91 Å². The van der Waals surface area contributed by atoms with Gasteiger partial charge in [-0.15, -0.1) is 11.6 Å². The molecule has 0 fully saturated rings. The molecule has 1 heterocycles. The largest absolute Gasteiger partial charge is 0.372 e. The zero-order valence-electron chi connectivity index (χ0n) is 10.9. The molecule has 0 atom stereocenters. The SMILES string of the molecule is O=C(Nc1ccc(CCl)cc1)c1ccc2c(c1)COC2. The first-order valence-corrected chi connectivity index (χ1v) is 6.95. The predicted octanol–water partition coefficient (Wildman–Crippen LogP) is 3.71. The highest BCUT2D eigenvalue weighted by Crippen LogP contribution is 2.21. The van der Waals surface area contributed by atoms with Gasteiger partial charge in [-0.1, -0.05) is 18.2 Å². The first-order chi connectivity index (χ1) is 9.76. The van der Waals surface area contributed by atoms with Gasteiger partial charge in [-0.2, -0.15) is 0 Å². The van der Waals surface area contributed by atoms with Gasteiger partial charge < -0.3 is 10.1 Å². The Kier molecular flexibility index (Phi) is 3.72.